The van der Waals surface area contributed by atoms with Crippen molar-refractivity contribution in [3.63, 3.8) is 0 Å². The Morgan fingerprint density at radius 3 is 1.62 bits per heavy atom. The first kappa shape index (κ1) is 16.4. The third-order valence-corrected chi connectivity index (χ3v) is 4.13. The fraction of sp³-hybridized carbons (Fsp3) is 0. The number of fused-ring (bicyclic) bond motifs is 2. The van der Waals surface area contributed by atoms with Crippen LogP contribution >= 0.6 is 0 Å². The smallest absolute Gasteiger partial charge is 0.150 e. The first-order chi connectivity index (χ1) is 12.7. The zero-order valence-corrected chi connectivity index (χ0v) is 13.3. The van der Waals surface area contributed by atoms with Crippen LogP contribution in [0.3, 0.4) is 0 Å². The quantitative estimate of drug-likeness (QED) is 0.501. The normalized spacial score (nSPS) is 9.54. The van der Waals surface area contributed by atoms with Crippen molar-refractivity contribution in [2.75, 3.05) is 0 Å². The summed E-state index contributed by atoms with van der Waals surface area (Å²) >= 11 is 0. The number of nitrogens with zero attached hydrogens (tertiary/aromatic N) is 4. The maximum atomic E-state index is 11.2. The lowest BCUT2D eigenvalue weighted by atomic mass is 9.93. The van der Waals surface area contributed by atoms with E-state index in [9.17, 15) is 25.8 Å². The standard InChI is InChI=1S/C21H8N4O/c22-8-14(9-23)20-16-3-1-2-4-17(16)21(15(10-24)11-25)19-7-13(12-26)5-6-18(19)20/h1-7,12H. The van der Waals surface area contributed by atoms with Gasteiger partial charge in [-0.3, -0.25) is 4.79 Å². The van der Waals surface area contributed by atoms with Crippen LogP contribution in [0.2, 0.25) is 0 Å². The molecule has 0 N–H and O–H groups in total. The molecule has 0 aromatic heterocycles. The number of benzene rings is 3. The van der Waals surface area contributed by atoms with Crippen LogP contribution in [0.15, 0.2) is 42.5 Å². The molecule has 118 valence electrons. The van der Waals surface area contributed by atoms with E-state index in [4.69, 9.17) is 0 Å². The first-order valence-corrected chi connectivity index (χ1v) is 7.48. The minimum Gasteiger partial charge on any atom is -0.298 e. The molecule has 0 spiro atoms. The summed E-state index contributed by atoms with van der Waals surface area (Å²) in [4.78, 5) is 11.2. The summed E-state index contributed by atoms with van der Waals surface area (Å²) in [5, 5.41) is 40.6. The van der Waals surface area contributed by atoms with E-state index in [1.807, 2.05) is 24.3 Å². The minimum atomic E-state index is -0.101. The third kappa shape index (κ3) is 2.35. The van der Waals surface area contributed by atoms with Gasteiger partial charge in [-0.15, -0.1) is 0 Å². The van der Waals surface area contributed by atoms with Gasteiger partial charge in [-0.05, 0) is 27.6 Å². The lowest BCUT2D eigenvalue weighted by Crippen LogP contribution is -2.18. The Balaban J connectivity index is 2.94. The minimum absolute atomic E-state index is 0.0768. The lowest BCUT2D eigenvalue weighted by Gasteiger charge is -2.08. The lowest BCUT2D eigenvalue weighted by molar-refractivity contribution is 0.112. The third-order valence-electron chi connectivity index (χ3n) is 4.13. The fourth-order valence-electron chi connectivity index (χ4n) is 3.08. The maximum absolute atomic E-state index is 11.2. The zero-order chi connectivity index (χ0) is 18.7. The summed E-state index contributed by atoms with van der Waals surface area (Å²) in [5.74, 6) is 0. The van der Waals surface area contributed by atoms with Crippen molar-refractivity contribution in [2.45, 2.75) is 0 Å². The van der Waals surface area contributed by atoms with Crippen molar-refractivity contribution in [3.8, 4) is 24.3 Å². The van der Waals surface area contributed by atoms with E-state index in [0.29, 0.717) is 43.8 Å². The second kappa shape index (κ2) is 6.58. The van der Waals surface area contributed by atoms with E-state index in [1.165, 1.54) is 0 Å². The molecule has 26 heavy (non-hydrogen) atoms. The molecule has 0 atom stereocenters. The molecule has 3 rings (SSSR count). The molecule has 3 aromatic rings. The highest BCUT2D eigenvalue weighted by molar-refractivity contribution is 6.06. The van der Waals surface area contributed by atoms with Crippen LogP contribution in [0.1, 0.15) is 10.4 Å². The molecule has 0 amide bonds. The van der Waals surface area contributed by atoms with E-state index in [-0.39, 0.29) is 11.1 Å². The molecular weight excluding hydrogens is 324 g/mol. The van der Waals surface area contributed by atoms with Crippen molar-refractivity contribution < 1.29 is 4.79 Å². The fourth-order valence-corrected chi connectivity index (χ4v) is 3.08. The van der Waals surface area contributed by atoms with Crippen LogP contribution in [-0.4, -0.2) is 6.29 Å². The van der Waals surface area contributed by atoms with Crippen LogP contribution in [-0.2, 0) is 0 Å². The molecule has 0 aliphatic rings. The Morgan fingerprint density at radius 2 is 1.15 bits per heavy atom. The summed E-state index contributed by atoms with van der Waals surface area (Å²) in [6.07, 6.45) is 0.662. The van der Waals surface area contributed by atoms with Crippen molar-refractivity contribution in [2.24, 2.45) is 0 Å². The van der Waals surface area contributed by atoms with Gasteiger partial charge >= 0.3 is 0 Å². The number of carbonyl (C=O) groups excluding carboxylic acids is 1. The van der Waals surface area contributed by atoms with Gasteiger partial charge in [0.1, 0.15) is 41.7 Å². The molecule has 0 aliphatic carbocycles. The summed E-state index contributed by atoms with van der Waals surface area (Å²) < 4.78 is 0. The Labute approximate surface area is 148 Å². The summed E-state index contributed by atoms with van der Waals surface area (Å²) in [6, 6.07) is 19.3. The van der Waals surface area contributed by atoms with E-state index >= 15 is 0 Å². The molecular formula is C21H8N4O. The predicted octanol–water partition coefficient (Wildman–Crippen LogP) is 2.20. The van der Waals surface area contributed by atoms with Crippen LogP contribution in [0.4, 0.5) is 0 Å². The number of hydrogen-bond donors (Lipinski definition) is 0. The van der Waals surface area contributed by atoms with Gasteiger partial charge in [-0.1, -0.05) is 36.4 Å². The van der Waals surface area contributed by atoms with Gasteiger partial charge in [-0.25, -0.2) is 0 Å². The summed E-state index contributed by atoms with van der Waals surface area (Å²) in [5.41, 5.74) is 0.189. The molecule has 0 unspecified atom stereocenters. The van der Waals surface area contributed by atoms with E-state index in [2.05, 4.69) is 0 Å². The molecule has 0 fully saturated rings. The van der Waals surface area contributed by atoms with Gasteiger partial charge in [0.2, 0.25) is 0 Å². The number of rotatable bonds is 1. The van der Waals surface area contributed by atoms with Gasteiger partial charge in [0.15, 0.2) is 0 Å². The highest BCUT2D eigenvalue weighted by atomic mass is 16.1. The average Bonchev–Trinajstić information content (AvgIpc) is 2.70. The van der Waals surface area contributed by atoms with Gasteiger partial charge in [-0.2, -0.15) is 21.0 Å². The van der Waals surface area contributed by atoms with Crippen molar-refractivity contribution in [1.29, 1.82) is 21.0 Å². The monoisotopic (exact) mass is 332 g/mol. The van der Waals surface area contributed by atoms with Crippen molar-refractivity contribution >= 4 is 39.0 Å². The van der Waals surface area contributed by atoms with E-state index in [1.54, 1.807) is 42.5 Å². The summed E-state index contributed by atoms with van der Waals surface area (Å²) in [6.45, 7) is 0. The molecule has 0 saturated heterocycles. The predicted molar refractivity (Wildman–Crippen MR) is 95.4 cm³/mol. The Kier molecular flexibility index (Phi) is 4.15. The molecule has 0 radical (unpaired) electrons. The van der Waals surface area contributed by atoms with E-state index < -0.39 is 0 Å². The molecule has 0 heterocycles. The zero-order valence-electron chi connectivity index (χ0n) is 13.3. The largest absolute Gasteiger partial charge is 0.298 e. The molecule has 5 nitrogen and oxygen atoms in total. The second-order valence-corrected chi connectivity index (χ2v) is 5.42. The van der Waals surface area contributed by atoms with E-state index in [0.717, 1.165) is 0 Å². The van der Waals surface area contributed by atoms with Crippen molar-refractivity contribution in [3.05, 3.63) is 58.5 Å². The SMILES string of the molecule is N#CC(C#N)=c1c2ccccc2c(=C(C#N)C#N)c2cc(C=O)ccc12. The molecule has 3 aromatic carbocycles. The Bertz CT molecular complexity index is 1360. The van der Waals surface area contributed by atoms with Crippen LogP contribution < -0.4 is 10.4 Å². The van der Waals surface area contributed by atoms with Gasteiger partial charge < -0.3 is 0 Å². The molecule has 0 aliphatic heterocycles. The van der Waals surface area contributed by atoms with Gasteiger partial charge in [0.25, 0.3) is 0 Å². The Morgan fingerprint density at radius 1 is 0.692 bits per heavy atom. The average molecular weight is 332 g/mol. The molecule has 5 heteroatoms. The number of nitriles is 4. The number of hydrogen-bond acceptors (Lipinski definition) is 5. The van der Waals surface area contributed by atoms with Crippen molar-refractivity contribution in [1.82, 2.24) is 0 Å². The highest BCUT2D eigenvalue weighted by Crippen LogP contribution is 2.17. The highest BCUT2D eigenvalue weighted by Gasteiger charge is 2.12. The van der Waals surface area contributed by atoms with Crippen LogP contribution in [0.25, 0.3) is 32.7 Å². The topological polar surface area (TPSA) is 112 Å². The number of carbonyl (C=O) groups is 1. The maximum Gasteiger partial charge on any atom is 0.150 e. The summed E-state index contributed by atoms with van der Waals surface area (Å²) in [7, 11) is 0. The first-order valence-electron chi connectivity index (χ1n) is 7.48. The Hall–Kier alpha value is -4.45. The van der Waals surface area contributed by atoms with Crippen LogP contribution in [0, 0.1) is 45.3 Å². The molecule has 0 bridgehead atoms. The second-order valence-electron chi connectivity index (χ2n) is 5.42. The van der Waals surface area contributed by atoms with Gasteiger partial charge in [0, 0.05) is 16.0 Å². The molecule has 0 saturated carbocycles. The number of aldehydes is 1. The van der Waals surface area contributed by atoms with Crippen LogP contribution in [0.5, 0.6) is 0 Å². The van der Waals surface area contributed by atoms with Gasteiger partial charge in [0.05, 0.1) is 0 Å².